The van der Waals surface area contributed by atoms with E-state index in [1.807, 2.05) is 6.07 Å². The molecule has 0 aliphatic rings. The van der Waals surface area contributed by atoms with Crippen molar-refractivity contribution in [2.45, 2.75) is 13.0 Å². The highest BCUT2D eigenvalue weighted by Crippen LogP contribution is 2.31. The molecular weight excluding hydrogens is 423 g/mol. The van der Waals surface area contributed by atoms with E-state index < -0.39 is 6.03 Å². The molecule has 162 valence electrons. The van der Waals surface area contributed by atoms with E-state index in [9.17, 15) is 9.18 Å². The fourth-order valence-corrected chi connectivity index (χ4v) is 3.09. The van der Waals surface area contributed by atoms with Gasteiger partial charge in [-0.2, -0.15) is 0 Å². The van der Waals surface area contributed by atoms with E-state index in [1.54, 1.807) is 18.2 Å². The maximum Gasteiger partial charge on any atom is 0.325 e. The molecule has 0 saturated carbocycles. The number of carbonyl (C=O) groups is 1. The van der Waals surface area contributed by atoms with Crippen LogP contribution in [0.2, 0.25) is 5.02 Å². The van der Waals surface area contributed by atoms with E-state index in [4.69, 9.17) is 22.1 Å². The van der Waals surface area contributed by atoms with Crippen LogP contribution in [-0.2, 0) is 13.0 Å². The summed E-state index contributed by atoms with van der Waals surface area (Å²) in [6, 6.07) is 9.29. The molecule has 0 spiro atoms. The first-order valence-electron chi connectivity index (χ1n) is 9.41. The lowest BCUT2D eigenvalue weighted by atomic mass is 10.1. The Labute approximate surface area is 184 Å². The molecule has 0 radical (unpaired) electrons. The van der Waals surface area contributed by atoms with Gasteiger partial charge in [-0.05, 0) is 48.4 Å². The zero-order chi connectivity index (χ0) is 22.2. The summed E-state index contributed by atoms with van der Waals surface area (Å²) in [6.07, 6.45) is 3.31. The quantitative estimate of drug-likeness (QED) is 0.392. The molecule has 0 atom stereocenters. The Morgan fingerprint density at radius 3 is 2.74 bits per heavy atom. The Balaban J connectivity index is 1.58. The molecule has 0 fully saturated rings. The summed E-state index contributed by atoms with van der Waals surface area (Å²) in [7, 11) is 1.50. The first-order chi connectivity index (χ1) is 14.9. The maximum atomic E-state index is 13.2. The van der Waals surface area contributed by atoms with Crippen molar-refractivity contribution in [1.82, 2.24) is 15.3 Å². The highest BCUT2D eigenvalue weighted by atomic mass is 35.5. The summed E-state index contributed by atoms with van der Waals surface area (Å²) >= 11 is 6.40. The third-order valence-corrected chi connectivity index (χ3v) is 4.67. The number of urea groups is 1. The Hall–Kier alpha value is -3.43. The highest BCUT2D eigenvalue weighted by molar-refractivity contribution is 6.31. The Morgan fingerprint density at radius 2 is 2.03 bits per heavy atom. The van der Waals surface area contributed by atoms with Crippen molar-refractivity contribution < 1.29 is 13.9 Å². The minimum atomic E-state index is -0.530. The summed E-state index contributed by atoms with van der Waals surface area (Å²) in [5.41, 5.74) is 7.59. The number of carbonyl (C=O) groups excluding carboxylic acids is 1. The zero-order valence-corrected chi connectivity index (χ0v) is 17.5. The molecule has 1 aromatic heterocycles. The van der Waals surface area contributed by atoms with Gasteiger partial charge in [-0.25, -0.2) is 19.2 Å². The molecule has 0 saturated heterocycles. The van der Waals surface area contributed by atoms with Crippen LogP contribution in [0.3, 0.4) is 0 Å². The molecule has 5 N–H and O–H groups in total. The van der Waals surface area contributed by atoms with Crippen molar-refractivity contribution in [1.29, 1.82) is 0 Å². The van der Waals surface area contributed by atoms with Gasteiger partial charge in [0.15, 0.2) is 5.82 Å². The second-order valence-electron chi connectivity index (χ2n) is 6.61. The predicted octanol–water partition coefficient (Wildman–Crippen LogP) is 3.84. The van der Waals surface area contributed by atoms with Crippen molar-refractivity contribution in [2.75, 3.05) is 30.0 Å². The molecular formula is C21H22ClFN6O2. The van der Waals surface area contributed by atoms with Crippen LogP contribution >= 0.6 is 11.6 Å². The number of hydrogen-bond donors (Lipinski definition) is 4. The Bertz CT molecular complexity index is 1050. The van der Waals surface area contributed by atoms with Crippen molar-refractivity contribution in [2.24, 2.45) is 0 Å². The number of rotatable bonds is 8. The number of halogens is 2. The summed E-state index contributed by atoms with van der Waals surface area (Å²) in [5, 5.41) is 8.96. The van der Waals surface area contributed by atoms with Crippen LogP contribution in [0.5, 0.6) is 5.75 Å². The molecule has 1 heterocycles. The predicted molar refractivity (Wildman–Crippen MR) is 119 cm³/mol. The van der Waals surface area contributed by atoms with Gasteiger partial charge in [0.25, 0.3) is 0 Å². The van der Waals surface area contributed by atoms with Gasteiger partial charge < -0.3 is 21.1 Å². The van der Waals surface area contributed by atoms with Crippen molar-refractivity contribution in [3.8, 4) is 5.75 Å². The number of nitrogens with zero attached hydrogens (tertiary/aromatic N) is 2. The number of aromatic nitrogens is 2. The molecule has 2 amide bonds. The third-order valence-electron chi connectivity index (χ3n) is 4.32. The molecule has 2 aromatic carbocycles. The summed E-state index contributed by atoms with van der Waals surface area (Å²) < 4.78 is 18.6. The van der Waals surface area contributed by atoms with Crippen LogP contribution in [0.25, 0.3) is 0 Å². The zero-order valence-electron chi connectivity index (χ0n) is 16.8. The largest absolute Gasteiger partial charge is 0.495 e. The Morgan fingerprint density at radius 1 is 1.19 bits per heavy atom. The van der Waals surface area contributed by atoms with Crippen LogP contribution in [0.15, 0.2) is 48.8 Å². The topological polar surface area (TPSA) is 114 Å². The van der Waals surface area contributed by atoms with Crippen molar-refractivity contribution >= 4 is 35.0 Å². The van der Waals surface area contributed by atoms with E-state index >= 15 is 0 Å². The van der Waals surface area contributed by atoms with Gasteiger partial charge in [-0.1, -0.05) is 23.7 Å². The SMILES string of the molecule is COc1cc(CCNCc2cccc(F)c2)c(Cl)cc1NC(=O)Nc1cnc(N)cn1. The van der Waals surface area contributed by atoms with Crippen LogP contribution in [-0.4, -0.2) is 29.7 Å². The third kappa shape index (κ3) is 6.53. The van der Waals surface area contributed by atoms with Crippen LogP contribution in [0.1, 0.15) is 11.1 Å². The molecule has 0 bridgehead atoms. The van der Waals surface area contributed by atoms with Crippen LogP contribution in [0, 0.1) is 5.82 Å². The average molecular weight is 445 g/mol. The Kier molecular flexibility index (Phi) is 7.58. The van der Waals surface area contributed by atoms with Gasteiger partial charge in [-0.15, -0.1) is 0 Å². The van der Waals surface area contributed by atoms with E-state index in [0.29, 0.717) is 36.0 Å². The van der Waals surface area contributed by atoms with Gasteiger partial charge in [0.2, 0.25) is 0 Å². The van der Waals surface area contributed by atoms with E-state index in [-0.39, 0.29) is 17.5 Å². The number of anilines is 3. The molecule has 8 nitrogen and oxygen atoms in total. The first-order valence-corrected chi connectivity index (χ1v) is 9.79. The van der Waals surface area contributed by atoms with E-state index in [2.05, 4.69) is 25.9 Å². The maximum absolute atomic E-state index is 13.2. The number of amides is 2. The molecule has 10 heteroatoms. The lowest BCUT2D eigenvalue weighted by Gasteiger charge is -2.14. The van der Waals surface area contributed by atoms with Crippen LogP contribution in [0.4, 0.5) is 26.5 Å². The summed E-state index contributed by atoms with van der Waals surface area (Å²) in [4.78, 5) is 20.1. The standard InChI is InChI=1S/C21H22ClFN6O2/c1-31-18-8-14(5-6-25-10-13-3-2-4-15(23)7-13)16(22)9-17(18)28-21(30)29-20-12-26-19(24)11-27-20/h2-4,7-9,11-12,25H,5-6,10H2,1H3,(H2,24,26)(H2,27,28,29,30). The van der Waals surface area contributed by atoms with Crippen molar-refractivity contribution in [3.05, 3.63) is 70.8 Å². The van der Waals surface area contributed by atoms with Gasteiger partial charge in [0, 0.05) is 11.6 Å². The monoisotopic (exact) mass is 444 g/mol. The number of ether oxygens (including phenoxy) is 1. The number of methoxy groups -OCH3 is 1. The molecule has 0 aliphatic carbocycles. The minimum Gasteiger partial charge on any atom is -0.495 e. The second-order valence-corrected chi connectivity index (χ2v) is 7.01. The van der Waals surface area contributed by atoms with Gasteiger partial charge >= 0.3 is 6.03 Å². The minimum absolute atomic E-state index is 0.248. The average Bonchev–Trinajstić information content (AvgIpc) is 2.74. The summed E-state index contributed by atoms with van der Waals surface area (Å²) in [6.45, 7) is 1.17. The van der Waals surface area contributed by atoms with Gasteiger partial charge in [-0.3, -0.25) is 5.32 Å². The van der Waals surface area contributed by atoms with Gasteiger partial charge in [0.05, 0.1) is 25.2 Å². The molecule has 0 unspecified atom stereocenters. The van der Waals surface area contributed by atoms with Gasteiger partial charge in [0.1, 0.15) is 17.4 Å². The van der Waals surface area contributed by atoms with E-state index in [0.717, 1.165) is 11.1 Å². The molecule has 3 aromatic rings. The summed E-state index contributed by atoms with van der Waals surface area (Å²) in [5.74, 6) is 0.698. The highest BCUT2D eigenvalue weighted by Gasteiger charge is 2.13. The van der Waals surface area contributed by atoms with Crippen LogP contribution < -0.4 is 26.4 Å². The van der Waals surface area contributed by atoms with E-state index in [1.165, 1.54) is 31.6 Å². The molecule has 0 aliphatic heterocycles. The fraction of sp³-hybridized carbons (Fsp3) is 0.190. The molecule has 31 heavy (non-hydrogen) atoms. The normalized spacial score (nSPS) is 10.5. The smallest absolute Gasteiger partial charge is 0.325 e. The lowest BCUT2D eigenvalue weighted by Crippen LogP contribution is -2.21. The number of nitrogens with one attached hydrogen (secondary N) is 3. The van der Waals surface area contributed by atoms with Crippen molar-refractivity contribution in [3.63, 3.8) is 0 Å². The second kappa shape index (κ2) is 10.6. The number of benzene rings is 2. The number of nitrogens with two attached hydrogens (primary N) is 1. The molecule has 3 rings (SSSR count). The lowest BCUT2D eigenvalue weighted by molar-refractivity contribution is 0.262. The fourth-order valence-electron chi connectivity index (χ4n) is 2.83. The number of hydrogen-bond acceptors (Lipinski definition) is 6. The first kappa shape index (κ1) is 22.3. The number of nitrogen functional groups attached to an aromatic ring is 1.